The van der Waals surface area contributed by atoms with Crippen molar-refractivity contribution in [3.05, 3.63) is 19.3 Å². The minimum Gasteiger partial charge on any atom is -0.383 e. The summed E-state index contributed by atoms with van der Waals surface area (Å²) in [5, 5.41) is 0.401. The Morgan fingerprint density at radius 2 is 2.30 bits per heavy atom. The van der Waals surface area contributed by atoms with Gasteiger partial charge in [0.1, 0.15) is 11.0 Å². The SMILES string of the molecule is Nc1nc(Cl)c(Br)cc1I. The van der Waals surface area contributed by atoms with E-state index in [0.29, 0.717) is 11.0 Å². The van der Waals surface area contributed by atoms with Crippen molar-refractivity contribution in [1.29, 1.82) is 0 Å². The summed E-state index contributed by atoms with van der Waals surface area (Å²) in [4.78, 5) is 3.86. The number of hydrogen-bond acceptors (Lipinski definition) is 2. The van der Waals surface area contributed by atoms with Crippen LogP contribution in [0.3, 0.4) is 0 Å². The second-order valence-electron chi connectivity index (χ2n) is 1.63. The zero-order chi connectivity index (χ0) is 7.72. The summed E-state index contributed by atoms with van der Waals surface area (Å²) in [6.45, 7) is 0. The van der Waals surface area contributed by atoms with Gasteiger partial charge < -0.3 is 5.73 Å². The van der Waals surface area contributed by atoms with Crippen LogP contribution in [-0.4, -0.2) is 4.98 Å². The van der Waals surface area contributed by atoms with Gasteiger partial charge in [-0.3, -0.25) is 0 Å². The van der Waals surface area contributed by atoms with Crippen LogP contribution in [0.15, 0.2) is 10.5 Å². The van der Waals surface area contributed by atoms with E-state index in [9.17, 15) is 0 Å². The Morgan fingerprint density at radius 1 is 1.70 bits per heavy atom. The molecule has 0 amide bonds. The quantitative estimate of drug-likeness (QED) is 0.586. The van der Waals surface area contributed by atoms with E-state index in [1.807, 2.05) is 6.07 Å². The molecule has 1 rings (SSSR count). The average Bonchev–Trinajstić information content (AvgIpc) is 1.84. The summed E-state index contributed by atoms with van der Waals surface area (Å²) >= 11 is 11.0. The molecule has 2 N–H and O–H groups in total. The molecule has 1 aromatic heterocycles. The largest absolute Gasteiger partial charge is 0.383 e. The highest BCUT2D eigenvalue weighted by atomic mass is 127. The van der Waals surface area contributed by atoms with Gasteiger partial charge in [0.05, 0.1) is 8.04 Å². The van der Waals surface area contributed by atoms with E-state index in [0.717, 1.165) is 8.04 Å². The summed E-state index contributed by atoms with van der Waals surface area (Å²) in [6, 6.07) is 1.82. The first-order valence-corrected chi connectivity index (χ1v) is 4.63. The van der Waals surface area contributed by atoms with Crippen LogP contribution in [0.4, 0.5) is 5.82 Å². The molecule has 0 aliphatic rings. The molecule has 0 aliphatic heterocycles. The maximum Gasteiger partial charge on any atom is 0.145 e. The molecule has 0 unspecified atom stereocenters. The molecule has 10 heavy (non-hydrogen) atoms. The molecular weight excluding hydrogens is 330 g/mol. The number of aromatic nitrogens is 1. The first-order chi connectivity index (χ1) is 4.61. The van der Waals surface area contributed by atoms with Crippen molar-refractivity contribution in [2.24, 2.45) is 0 Å². The molecular formula is C5H3BrClIN2. The number of rotatable bonds is 0. The first-order valence-electron chi connectivity index (χ1n) is 2.38. The van der Waals surface area contributed by atoms with E-state index < -0.39 is 0 Å². The van der Waals surface area contributed by atoms with Gasteiger partial charge in [-0.25, -0.2) is 4.98 Å². The smallest absolute Gasteiger partial charge is 0.145 e. The average molecular weight is 333 g/mol. The van der Waals surface area contributed by atoms with Crippen LogP contribution in [0.2, 0.25) is 5.15 Å². The zero-order valence-electron chi connectivity index (χ0n) is 4.74. The number of hydrogen-bond donors (Lipinski definition) is 1. The molecule has 0 saturated carbocycles. The summed E-state index contributed by atoms with van der Waals surface area (Å²) in [5.41, 5.74) is 5.47. The van der Waals surface area contributed by atoms with Crippen LogP contribution in [0.5, 0.6) is 0 Å². The van der Waals surface area contributed by atoms with E-state index in [4.69, 9.17) is 17.3 Å². The Balaban J connectivity index is 3.28. The third-order valence-electron chi connectivity index (χ3n) is 0.914. The molecule has 0 fully saturated rings. The Hall–Kier alpha value is 0.450. The topological polar surface area (TPSA) is 38.9 Å². The number of nitrogens with zero attached hydrogens (tertiary/aromatic N) is 1. The standard InChI is InChI=1S/C5H3BrClIN2/c6-2-1-3(8)5(9)10-4(2)7/h1H,(H2,9,10). The molecule has 0 bridgehead atoms. The predicted molar refractivity (Wildman–Crippen MR) is 54.1 cm³/mol. The lowest BCUT2D eigenvalue weighted by Gasteiger charge is -1.98. The zero-order valence-corrected chi connectivity index (χ0v) is 9.24. The number of nitrogens with two attached hydrogens (primary N) is 1. The fourth-order valence-electron chi connectivity index (χ4n) is 0.457. The molecule has 54 valence electrons. The van der Waals surface area contributed by atoms with Crippen LogP contribution in [-0.2, 0) is 0 Å². The number of anilines is 1. The van der Waals surface area contributed by atoms with Crippen molar-refractivity contribution in [3.8, 4) is 0 Å². The highest BCUT2D eigenvalue weighted by molar-refractivity contribution is 14.1. The van der Waals surface area contributed by atoms with Gasteiger partial charge in [-0.15, -0.1) is 0 Å². The summed E-state index contributed by atoms with van der Waals surface area (Å²) < 4.78 is 1.67. The minimum atomic E-state index is 0.401. The lowest BCUT2D eigenvalue weighted by atomic mass is 10.5. The van der Waals surface area contributed by atoms with Gasteiger partial charge in [-0.05, 0) is 44.6 Å². The number of nitrogen functional groups attached to an aromatic ring is 1. The summed E-state index contributed by atoms with van der Waals surface area (Å²) in [6.07, 6.45) is 0. The van der Waals surface area contributed by atoms with E-state index >= 15 is 0 Å². The molecule has 1 aromatic rings. The fraction of sp³-hybridized carbons (Fsp3) is 0. The van der Waals surface area contributed by atoms with Crippen molar-refractivity contribution < 1.29 is 0 Å². The van der Waals surface area contributed by atoms with Crippen molar-refractivity contribution in [2.75, 3.05) is 5.73 Å². The molecule has 0 saturated heterocycles. The van der Waals surface area contributed by atoms with Crippen LogP contribution in [0.25, 0.3) is 0 Å². The predicted octanol–water partition coefficient (Wildman–Crippen LogP) is 2.68. The van der Waals surface area contributed by atoms with Crippen molar-refractivity contribution in [2.45, 2.75) is 0 Å². The normalized spacial score (nSPS) is 9.90. The Bertz CT molecular complexity index is 216. The molecule has 0 radical (unpaired) electrons. The maximum absolute atomic E-state index is 5.64. The molecule has 2 nitrogen and oxygen atoms in total. The molecule has 1 heterocycles. The third-order valence-corrected chi connectivity index (χ3v) is 2.90. The lowest BCUT2D eigenvalue weighted by Crippen LogP contribution is -1.93. The first kappa shape index (κ1) is 8.55. The number of halogens is 3. The van der Waals surface area contributed by atoms with Crippen LogP contribution < -0.4 is 5.73 Å². The van der Waals surface area contributed by atoms with Gasteiger partial charge >= 0.3 is 0 Å². The van der Waals surface area contributed by atoms with Gasteiger partial charge in [0.2, 0.25) is 0 Å². The monoisotopic (exact) mass is 332 g/mol. The van der Waals surface area contributed by atoms with E-state index in [1.165, 1.54) is 0 Å². The molecule has 0 spiro atoms. The van der Waals surface area contributed by atoms with Crippen LogP contribution >= 0.6 is 50.1 Å². The lowest BCUT2D eigenvalue weighted by molar-refractivity contribution is 1.30. The van der Waals surface area contributed by atoms with Gasteiger partial charge in [-0.2, -0.15) is 0 Å². The van der Waals surface area contributed by atoms with Crippen molar-refractivity contribution in [3.63, 3.8) is 0 Å². The van der Waals surface area contributed by atoms with E-state index in [2.05, 4.69) is 43.5 Å². The number of pyridine rings is 1. The second kappa shape index (κ2) is 3.23. The Kier molecular flexibility index (Phi) is 2.76. The second-order valence-corrected chi connectivity index (χ2v) is 4.00. The van der Waals surface area contributed by atoms with E-state index in [1.54, 1.807) is 0 Å². The third kappa shape index (κ3) is 1.73. The van der Waals surface area contributed by atoms with Crippen molar-refractivity contribution in [1.82, 2.24) is 4.98 Å². The van der Waals surface area contributed by atoms with Gasteiger partial charge in [0, 0.05) is 0 Å². The summed E-state index contributed by atoms with van der Waals surface area (Å²) in [7, 11) is 0. The van der Waals surface area contributed by atoms with Gasteiger partial charge in [-0.1, -0.05) is 11.6 Å². The van der Waals surface area contributed by atoms with Crippen LogP contribution in [0.1, 0.15) is 0 Å². The van der Waals surface area contributed by atoms with Crippen LogP contribution in [0, 0.1) is 3.57 Å². The molecule has 0 atom stereocenters. The van der Waals surface area contributed by atoms with Gasteiger partial charge in [0.15, 0.2) is 0 Å². The minimum absolute atomic E-state index is 0.401. The Labute approximate surface area is 85.4 Å². The van der Waals surface area contributed by atoms with Gasteiger partial charge in [0.25, 0.3) is 0 Å². The molecule has 0 aromatic carbocycles. The highest BCUT2D eigenvalue weighted by Gasteiger charge is 2.02. The van der Waals surface area contributed by atoms with Crippen molar-refractivity contribution >= 4 is 55.9 Å². The maximum atomic E-state index is 5.64. The Morgan fingerprint density at radius 3 is 2.80 bits per heavy atom. The fourth-order valence-corrected chi connectivity index (χ4v) is 1.78. The summed E-state index contributed by atoms with van der Waals surface area (Å²) in [5.74, 6) is 0.466. The highest BCUT2D eigenvalue weighted by Crippen LogP contribution is 2.24. The van der Waals surface area contributed by atoms with E-state index in [-0.39, 0.29) is 0 Å². The molecule has 5 heteroatoms. The molecule has 0 aliphatic carbocycles.